The molecule has 0 aliphatic heterocycles. The second-order valence-electron chi connectivity index (χ2n) is 5.41. The number of nitriles is 1. The van der Waals surface area contributed by atoms with Gasteiger partial charge in [0.1, 0.15) is 13.2 Å². The lowest BCUT2D eigenvalue weighted by molar-refractivity contribution is -0.399. The first-order valence-corrected chi connectivity index (χ1v) is 7.25. The summed E-state index contributed by atoms with van der Waals surface area (Å²) in [6.45, 7) is 9.52. The molecule has 0 amide bonds. The van der Waals surface area contributed by atoms with Crippen molar-refractivity contribution in [1.29, 1.82) is 5.26 Å². The van der Waals surface area contributed by atoms with Crippen LogP contribution in [0.3, 0.4) is 0 Å². The van der Waals surface area contributed by atoms with E-state index in [1.54, 1.807) is 0 Å². The fraction of sp³-hybridized carbons (Fsp3) is 0.909. The summed E-state index contributed by atoms with van der Waals surface area (Å²) in [6.07, 6.45) is 0.629. The van der Waals surface area contributed by atoms with Crippen molar-refractivity contribution in [3.63, 3.8) is 0 Å². The highest BCUT2D eigenvalue weighted by Crippen LogP contribution is 2.24. The van der Waals surface area contributed by atoms with Crippen LogP contribution in [-0.4, -0.2) is 17.3 Å². The molecule has 1 atom stereocenters. The van der Waals surface area contributed by atoms with Crippen molar-refractivity contribution in [2.24, 2.45) is 0 Å². The molecule has 0 saturated heterocycles. The lowest BCUT2D eigenvalue weighted by atomic mass is 9.99. The number of hydrogen-bond donors (Lipinski definition) is 0. The van der Waals surface area contributed by atoms with E-state index in [9.17, 15) is 0 Å². The molecule has 0 heterocycles. The van der Waals surface area contributed by atoms with E-state index >= 15 is 0 Å². The van der Waals surface area contributed by atoms with Gasteiger partial charge >= 0.3 is 0 Å². The maximum atomic E-state index is 8.68. The summed E-state index contributed by atoms with van der Waals surface area (Å²) >= 11 is 4.72. The molecule has 0 N–H and O–H groups in total. The van der Waals surface area contributed by atoms with Crippen LogP contribution < -0.4 is 0 Å². The van der Waals surface area contributed by atoms with Crippen molar-refractivity contribution in [1.82, 2.24) is 0 Å². The first-order valence-electron chi connectivity index (χ1n) is 5.42. The van der Waals surface area contributed by atoms with Crippen molar-refractivity contribution < 1.29 is 14.3 Å². The van der Waals surface area contributed by atoms with Crippen molar-refractivity contribution >= 4 is 19.4 Å². The largest absolute Gasteiger partial charge is 0.313 e. The second kappa shape index (κ2) is 7.35. The van der Waals surface area contributed by atoms with Gasteiger partial charge in [0.2, 0.25) is 0 Å². The molecule has 0 aromatic rings. The Balaban J connectivity index is 4.29. The molecule has 0 fully saturated rings. The van der Waals surface area contributed by atoms with Crippen LogP contribution in [0.15, 0.2) is 0 Å². The number of hydrogen-bond acceptors (Lipinski definition) is 5. The second-order valence-corrected chi connectivity index (χ2v) is 6.21. The van der Waals surface area contributed by atoms with Gasteiger partial charge in [0.25, 0.3) is 0 Å². The van der Waals surface area contributed by atoms with Crippen LogP contribution in [-0.2, 0) is 26.1 Å². The summed E-state index contributed by atoms with van der Waals surface area (Å²) in [5.41, 5.74) is -0.881. The van der Waals surface area contributed by atoms with Gasteiger partial charge < -0.3 is 4.52 Å². The van der Waals surface area contributed by atoms with Gasteiger partial charge in [0.15, 0.2) is 0 Å². The molecular formula is C11H20NO3PS. The minimum absolute atomic E-state index is 0.224. The molecule has 0 rings (SSSR count). The van der Waals surface area contributed by atoms with Crippen LogP contribution >= 0.6 is 7.58 Å². The van der Waals surface area contributed by atoms with E-state index in [2.05, 4.69) is 6.07 Å². The van der Waals surface area contributed by atoms with E-state index in [1.807, 2.05) is 34.6 Å². The fourth-order valence-corrected chi connectivity index (χ4v) is 1.77. The van der Waals surface area contributed by atoms with Crippen LogP contribution in [0.2, 0.25) is 0 Å². The van der Waals surface area contributed by atoms with E-state index in [0.29, 0.717) is 20.4 Å². The van der Waals surface area contributed by atoms with Crippen LogP contribution in [0, 0.1) is 11.3 Å². The van der Waals surface area contributed by atoms with Gasteiger partial charge in [-0.15, -0.1) is 0 Å². The Morgan fingerprint density at radius 2 is 1.82 bits per heavy atom. The van der Waals surface area contributed by atoms with Gasteiger partial charge in [-0.25, -0.2) is 9.78 Å². The summed E-state index contributed by atoms with van der Waals surface area (Å²) in [5.74, 6) is 0. The van der Waals surface area contributed by atoms with Crippen molar-refractivity contribution in [3.8, 4) is 6.07 Å². The molecule has 1 unspecified atom stereocenters. The molecule has 0 aliphatic rings. The molecule has 0 spiro atoms. The van der Waals surface area contributed by atoms with Crippen LogP contribution in [0.25, 0.3) is 0 Å². The summed E-state index contributed by atoms with van der Waals surface area (Å²) in [6, 6.07) is 2.08. The molecule has 6 heteroatoms. The maximum Gasteiger partial charge on any atom is 0.137 e. The Labute approximate surface area is 110 Å². The standard InChI is InChI=1S/C11H20NO3PS/c1-10(2,3)14-15-11(4,5)8-9(6-7-12)13-16-17/h9H,6,8H2,1-5H3. The predicted octanol–water partition coefficient (Wildman–Crippen LogP) is 3.52. The quantitative estimate of drug-likeness (QED) is 0.405. The molecule has 0 aliphatic carbocycles. The molecule has 0 aromatic heterocycles. The summed E-state index contributed by atoms with van der Waals surface area (Å²) < 4.78 is 5.28. The average Bonchev–Trinajstić information content (AvgIpc) is 2.14. The lowest BCUT2D eigenvalue weighted by Gasteiger charge is -2.30. The SMILES string of the molecule is CC(C)(C)OOC(C)(C)CC(CC#N)OP=S. The maximum absolute atomic E-state index is 8.68. The van der Waals surface area contributed by atoms with E-state index in [0.717, 1.165) is 0 Å². The Kier molecular flexibility index (Phi) is 7.30. The zero-order valence-corrected chi connectivity index (χ0v) is 12.7. The third-order valence-corrected chi connectivity index (χ3v) is 2.39. The highest BCUT2D eigenvalue weighted by molar-refractivity contribution is 7.94. The van der Waals surface area contributed by atoms with Crippen molar-refractivity contribution in [2.45, 2.75) is 64.8 Å². The molecule has 0 bridgehead atoms. The summed E-state index contributed by atoms with van der Waals surface area (Å²) in [5, 5.41) is 8.68. The van der Waals surface area contributed by atoms with Crippen molar-refractivity contribution in [3.05, 3.63) is 0 Å². The smallest absolute Gasteiger partial charge is 0.137 e. The third-order valence-electron chi connectivity index (χ3n) is 1.75. The average molecular weight is 277 g/mol. The van der Waals surface area contributed by atoms with Crippen LogP contribution in [0.4, 0.5) is 0 Å². The van der Waals surface area contributed by atoms with E-state index < -0.39 is 5.60 Å². The van der Waals surface area contributed by atoms with Gasteiger partial charge in [-0.1, -0.05) is 0 Å². The van der Waals surface area contributed by atoms with E-state index in [1.165, 1.54) is 0 Å². The van der Waals surface area contributed by atoms with Gasteiger partial charge in [-0.2, -0.15) is 5.26 Å². The first-order chi connectivity index (χ1) is 7.70. The minimum Gasteiger partial charge on any atom is -0.313 e. The molecule has 0 radical (unpaired) electrons. The molecule has 17 heavy (non-hydrogen) atoms. The Morgan fingerprint density at radius 3 is 2.24 bits per heavy atom. The first kappa shape index (κ1) is 16.9. The summed E-state index contributed by atoms with van der Waals surface area (Å²) in [4.78, 5) is 10.7. The van der Waals surface area contributed by atoms with E-state index in [-0.39, 0.29) is 11.7 Å². The fourth-order valence-electron chi connectivity index (χ4n) is 1.13. The monoisotopic (exact) mass is 277 g/mol. The predicted molar refractivity (Wildman–Crippen MR) is 70.0 cm³/mol. The zero-order valence-electron chi connectivity index (χ0n) is 11.0. The van der Waals surface area contributed by atoms with Gasteiger partial charge in [0.05, 0.1) is 24.2 Å². The molecule has 4 nitrogen and oxygen atoms in total. The molecule has 0 saturated carbocycles. The van der Waals surface area contributed by atoms with E-state index in [4.69, 9.17) is 31.4 Å². The number of rotatable bonds is 7. The Morgan fingerprint density at radius 1 is 1.24 bits per heavy atom. The zero-order chi connectivity index (χ0) is 13.5. The van der Waals surface area contributed by atoms with Crippen LogP contribution in [0.1, 0.15) is 47.5 Å². The molecule has 0 aromatic carbocycles. The Bertz CT molecular complexity index is 283. The van der Waals surface area contributed by atoms with Crippen LogP contribution in [0.5, 0.6) is 0 Å². The third kappa shape index (κ3) is 9.58. The molecular weight excluding hydrogens is 257 g/mol. The topological polar surface area (TPSA) is 51.5 Å². The molecule has 98 valence electrons. The Hall–Kier alpha value is -0.110. The van der Waals surface area contributed by atoms with Gasteiger partial charge in [-0.05, 0) is 46.4 Å². The highest BCUT2D eigenvalue weighted by atomic mass is 32.4. The normalized spacial score (nSPS) is 14.6. The van der Waals surface area contributed by atoms with Gasteiger partial charge in [0, 0.05) is 6.42 Å². The highest BCUT2D eigenvalue weighted by Gasteiger charge is 2.28. The lowest BCUT2D eigenvalue weighted by Crippen LogP contribution is -2.34. The number of nitrogens with zero attached hydrogens (tertiary/aromatic N) is 1. The van der Waals surface area contributed by atoms with Gasteiger partial charge in [-0.3, -0.25) is 0 Å². The minimum atomic E-state index is -0.519. The summed E-state index contributed by atoms with van der Waals surface area (Å²) in [7, 11) is 0.405. The van der Waals surface area contributed by atoms with Crippen molar-refractivity contribution in [2.75, 3.05) is 0 Å².